The van der Waals surface area contributed by atoms with Gasteiger partial charge in [-0.25, -0.2) is 4.98 Å². The van der Waals surface area contributed by atoms with E-state index in [1.54, 1.807) is 7.11 Å². The number of amides is 1. The van der Waals surface area contributed by atoms with E-state index in [1.807, 2.05) is 43.3 Å². The summed E-state index contributed by atoms with van der Waals surface area (Å²) >= 11 is 3.47. The number of nitrogens with zero attached hydrogens (tertiary/aromatic N) is 2. The number of halogens is 1. The van der Waals surface area contributed by atoms with Crippen molar-refractivity contribution in [2.24, 2.45) is 0 Å². The first kappa shape index (κ1) is 18.5. The number of nitrogens with one attached hydrogen (secondary N) is 1. The van der Waals surface area contributed by atoms with Crippen LogP contribution in [-0.4, -0.2) is 29.1 Å². The standard InChI is InChI=1S/C20H22BrN3O2/c1-14-23-17-5-3-4-6-18(17)24(14)12-11-22-20(25)10-8-15-7-9-19(26-2)16(21)13-15/h3-7,9,13H,8,10-12H2,1-2H3,(H,22,25). The van der Waals surface area contributed by atoms with Gasteiger partial charge in [0.05, 0.1) is 22.6 Å². The molecule has 5 nitrogen and oxygen atoms in total. The van der Waals surface area contributed by atoms with Gasteiger partial charge in [-0.05, 0) is 59.1 Å². The maximum atomic E-state index is 12.1. The molecule has 1 amide bonds. The topological polar surface area (TPSA) is 56.1 Å². The quantitative estimate of drug-likeness (QED) is 0.637. The Hall–Kier alpha value is -2.34. The van der Waals surface area contributed by atoms with E-state index in [1.165, 1.54) is 0 Å². The summed E-state index contributed by atoms with van der Waals surface area (Å²) in [7, 11) is 1.64. The molecule has 136 valence electrons. The van der Waals surface area contributed by atoms with Crippen LogP contribution < -0.4 is 10.1 Å². The van der Waals surface area contributed by atoms with Crippen LogP contribution in [0.4, 0.5) is 0 Å². The Morgan fingerprint density at radius 1 is 1.27 bits per heavy atom. The summed E-state index contributed by atoms with van der Waals surface area (Å²) in [6.07, 6.45) is 1.16. The third-order valence-electron chi connectivity index (χ3n) is 4.36. The number of rotatable bonds is 7. The summed E-state index contributed by atoms with van der Waals surface area (Å²) in [6.45, 7) is 3.29. The summed E-state index contributed by atoms with van der Waals surface area (Å²) in [5.74, 6) is 1.81. The number of carbonyl (C=O) groups is 1. The first-order valence-corrected chi connectivity index (χ1v) is 9.39. The van der Waals surface area contributed by atoms with Gasteiger partial charge in [-0.15, -0.1) is 0 Å². The number of ether oxygens (including phenoxy) is 1. The van der Waals surface area contributed by atoms with E-state index in [-0.39, 0.29) is 5.91 Å². The molecule has 0 bridgehead atoms. The summed E-state index contributed by atoms with van der Waals surface area (Å²) in [5, 5.41) is 3.00. The van der Waals surface area contributed by atoms with Crippen molar-refractivity contribution in [2.75, 3.05) is 13.7 Å². The largest absolute Gasteiger partial charge is 0.496 e. The van der Waals surface area contributed by atoms with Gasteiger partial charge in [-0.3, -0.25) is 4.79 Å². The number of hydrogen-bond donors (Lipinski definition) is 1. The van der Waals surface area contributed by atoms with Crippen molar-refractivity contribution in [1.29, 1.82) is 0 Å². The highest BCUT2D eigenvalue weighted by Gasteiger charge is 2.08. The minimum Gasteiger partial charge on any atom is -0.496 e. The van der Waals surface area contributed by atoms with E-state index in [2.05, 4.69) is 36.9 Å². The number of methoxy groups -OCH3 is 1. The van der Waals surface area contributed by atoms with Crippen molar-refractivity contribution in [2.45, 2.75) is 26.3 Å². The van der Waals surface area contributed by atoms with Crippen molar-refractivity contribution in [3.05, 3.63) is 58.3 Å². The lowest BCUT2D eigenvalue weighted by molar-refractivity contribution is -0.121. The van der Waals surface area contributed by atoms with Crippen LogP contribution in [0.2, 0.25) is 0 Å². The van der Waals surface area contributed by atoms with Gasteiger partial charge in [0.1, 0.15) is 11.6 Å². The highest BCUT2D eigenvalue weighted by atomic mass is 79.9. The third kappa shape index (κ3) is 4.25. The number of hydrogen-bond acceptors (Lipinski definition) is 3. The van der Waals surface area contributed by atoms with Gasteiger partial charge in [0.2, 0.25) is 5.91 Å². The molecule has 0 radical (unpaired) electrons. The van der Waals surface area contributed by atoms with Crippen LogP contribution in [0.3, 0.4) is 0 Å². The molecule has 1 heterocycles. The van der Waals surface area contributed by atoms with Gasteiger partial charge in [0.15, 0.2) is 0 Å². The fourth-order valence-corrected chi connectivity index (χ4v) is 3.59. The van der Waals surface area contributed by atoms with Gasteiger partial charge in [0, 0.05) is 19.5 Å². The molecule has 1 N–H and O–H groups in total. The van der Waals surface area contributed by atoms with Gasteiger partial charge in [-0.1, -0.05) is 18.2 Å². The Bertz CT molecular complexity index is 921. The molecule has 3 aromatic rings. The lowest BCUT2D eigenvalue weighted by atomic mass is 10.1. The molecule has 3 rings (SSSR count). The van der Waals surface area contributed by atoms with E-state index in [4.69, 9.17) is 4.74 Å². The van der Waals surface area contributed by atoms with Gasteiger partial charge in [-0.2, -0.15) is 0 Å². The van der Waals surface area contributed by atoms with E-state index in [0.717, 1.165) is 32.6 Å². The molecule has 6 heteroatoms. The molecule has 26 heavy (non-hydrogen) atoms. The van der Waals surface area contributed by atoms with E-state index >= 15 is 0 Å². The number of fused-ring (bicyclic) bond motifs is 1. The molecule has 2 aromatic carbocycles. The Kier molecular flexibility index (Phi) is 5.93. The van der Waals surface area contributed by atoms with Gasteiger partial charge >= 0.3 is 0 Å². The molecular weight excluding hydrogens is 394 g/mol. The molecule has 0 saturated heterocycles. The summed E-state index contributed by atoms with van der Waals surface area (Å²) in [4.78, 5) is 16.7. The first-order chi connectivity index (χ1) is 12.6. The lowest BCUT2D eigenvalue weighted by Gasteiger charge is -2.09. The molecule has 0 unspecified atom stereocenters. The molecule has 0 aliphatic heterocycles. The third-order valence-corrected chi connectivity index (χ3v) is 4.98. The fourth-order valence-electron chi connectivity index (χ4n) is 3.00. The fraction of sp³-hybridized carbons (Fsp3) is 0.300. The molecule has 0 saturated carbocycles. The molecule has 1 aromatic heterocycles. The van der Waals surface area contributed by atoms with Gasteiger partial charge < -0.3 is 14.6 Å². The monoisotopic (exact) mass is 415 g/mol. The Morgan fingerprint density at radius 2 is 2.08 bits per heavy atom. The number of imidazole rings is 1. The normalized spacial score (nSPS) is 10.9. The first-order valence-electron chi connectivity index (χ1n) is 8.59. The molecule has 0 spiro atoms. The molecule has 0 fully saturated rings. The zero-order valence-corrected chi connectivity index (χ0v) is 16.5. The summed E-state index contributed by atoms with van der Waals surface area (Å²) in [6, 6.07) is 13.9. The number of carbonyl (C=O) groups excluding carboxylic acids is 1. The Labute approximate surface area is 161 Å². The maximum absolute atomic E-state index is 12.1. The number of aryl methyl sites for hydroxylation is 2. The van der Waals surface area contributed by atoms with Crippen LogP contribution in [0.1, 0.15) is 17.8 Å². The predicted molar refractivity (Wildman–Crippen MR) is 106 cm³/mol. The van der Waals surface area contributed by atoms with E-state index < -0.39 is 0 Å². The molecule has 0 aliphatic rings. The number of benzene rings is 2. The summed E-state index contributed by atoms with van der Waals surface area (Å²) in [5.41, 5.74) is 3.19. The van der Waals surface area contributed by atoms with Crippen molar-refractivity contribution < 1.29 is 9.53 Å². The Morgan fingerprint density at radius 3 is 2.85 bits per heavy atom. The van der Waals surface area contributed by atoms with Crippen LogP contribution in [0.15, 0.2) is 46.9 Å². The molecule has 0 aliphatic carbocycles. The predicted octanol–water partition coefficient (Wildman–Crippen LogP) is 3.86. The zero-order valence-electron chi connectivity index (χ0n) is 15.0. The Balaban J connectivity index is 1.50. The van der Waals surface area contributed by atoms with E-state index in [9.17, 15) is 4.79 Å². The van der Waals surface area contributed by atoms with Crippen molar-refractivity contribution in [3.63, 3.8) is 0 Å². The van der Waals surface area contributed by atoms with Crippen molar-refractivity contribution >= 4 is 32.9 Å². The minimum atomic E-state index is 0.0546. The highest BCUT2D eigenvalue weighted by molar-refractivity contribution is 9.10. The van der Waals surface area contributed by atoms with Crippen LogP contribution in [0, 0.1) is 6.92 Å². The summed E-state index contributed by atoms with van der Waals surface area (Å²) < 4.78 is 8.26. The van der Waals surface area contributed by atoms with E-state index in [0.29, 0.717) is 25.9 Å². The molecule has 0 atom stereocenters. The highest BCUT2D eigenvalue weighted by Crippen LogP contribution is 2.25. The average Bonchev–Trinajstić information content (AvgIpc) is 2.95. The second-order valence-electron chi connectivity index (χ2n) is 6.12. The second kappa shape index (κ2) is 8.36. The second-order valence-corrected chi connectivity index (χ2v) is 6.97. The zero-order chi connectivity index (χ0) is 18.5. The van der Waals surface area contributed by atoms with Crippen LogP contribution in [0.25, 0.3) is 11.0 Å². The SMILES string of the molecule is COc1ccc(CCC(=O)NCCn2c(C)nc3ccccc32)cc1Br. The number of para-hydroxylation sites is 2. The minimum absolute atomic E-state index is 0.0546. The lowest BCUT2D eigenvalue weighted by Crippen LogP contribution is -2.27. The van der Waals surface area contributed by atoms with Gasteiger partial charge in [0.25, 0.3) is 0 Å². The maximum Gasteiger partial charge on any atom is 0.220 e. The average molecular weight is 416 g/mol. The van der Waals surface area contributed by atoms with Crippen molar-refractivity contribution in [1.82, 2.24) is 14.9 Å². The van der Waals surface area contributed by atoms with Crippen molar-refractivity contribution in [3.8, 4) is 5.75 Å². The van der Waals surface area contributed by atoms with Crippen LogP contribution in [-0.2, 0) is 17.8 Å². The smallest absolute Gasteiger partial charge is 0.220 e. The van der Waals surface area contributed by atoms with Crippen LogP contribution in [0.5, 0.6) is 5.75 Å². The molecular formula is C20H22BrN3O2. The number of aromatic nitrogens is 2. The van der Waals surface area contributed by atoms with Crippen LogP contribution >= 0.6 is 15.9 Å².